The molecule has 18 heavy (non-hydrogen) atoms. The van der Waals surface area contributed by atoms with Gasteiger partial charge in [-0.05, 0) is 19.1 Å². The van der Waals surface area contributed by atoms with E-state index in [-0.39, 0.29) is 5.56 Å². The van der Waals surface area contributed by atoms with Gasteiger partial charge in [-0.25, -0.2) is 4.79 Å². The van der Waals surface area contributed by atoms with E-state index < -0.39 is 5.97 Å². The third-order valence-corrected chi connectivity index (χ3v) is 2.42. The average molecular weight is 240 g/mol. The van der Waals surface area contributed by atoms with Crippen molar-refractivity contribution in [3.8, 4) is 11.8 Å². The van der Waals surface area contributed by atoms with Crippen molar-refractivity contribution in [2.24, 2.45) is 0 Å². The van der Waals surface area contributed by atoms with Gasteiger partial charge in [-0.2, -0.15) is 5.10 Å². The van der Waals surface area contributed by atoms with Crippen LogP contribution in [0.2, 0.25) is 0 Å². The Morgan fingerprint density at radius 1 is 1.39 bits per heavy atom. The second-order valence-corrected chi connectivity index (χ2v) is 3.80. The Labute approximate surface area is 105 Å². The molecule has 4 heteroatoms. The highest BCUT2D eigenvalue weighted by atomic mass is 16.4. The Kier molecular flexibility index (Phi) is 3.44. The van der Waals surface area contributed by atoms with Crippen LogP contribution in [0.5, 0.6) is 0 Å². The molecule has 0 atom stereocenters. The first kappa shape index (κ1) is 11.9. The maximum Gasteiger partial charge on any atom is 0.339 e. The highest BCUT2D eigenvalue weighted by Crippen LogP contribution is 2.04. The number of hydrogen-bond acceptors (Lipinski definition) is 2. The number of rotatable bonds is 2. The predicted octanol–water partition coefficient (Wildman–Crippen LogP) is 1.94. The molecule has 0 saturated heterocycles. The summed E-state index contributed by atoms with van der Waals surface area (Å²) in [6, 6.07) is 9.62. The Morgan fingerprint density at radius 2 is 2.11 bits per heavy atom. The van der Waals surface area contributed by atoms with Gasteiger partial charge in [-0.3, -0.25) is 4.68 Å². The number of nitrogens with zero attached hydrogens (tertiary/aromatic N) is 2. The molecule has 2 rings (SSSR count). The molecule has 2 aromatic rings. The van der Waals surface area contributed by atoms with Gasteiger partial charge in [0.25, 0.3) is 0 Å². The number of aromatic carboxylic acids is 1. The van der Waals surface area contributed by atoms with Gasteiger partial charge in [0.05, 0.1) is 5.69 Å². The fourth-order valence-electron chi connectivity index (χ4n) is 1.55. The van der Waals surface area contributed by atoms with Crippen LogP contribution < -0.4 is 0 Å². The van der Waals surface area contributed by atoms with E-state index in [0.29, 0.717) is 12.2 Å². The largest absolute Gasteiger partial charge is 0.478 e. The minimum absolute atomic E-state index is 0.219. The fraction of sp³-hybridized carbons (Fsp3) is 0.143. The van der Waals surface area contributed by atoms with E-state index in [9.17, 15) is 4.79 Å². The normalized spacial score (nSPS) is 9.61. The third kappa shape index (κ3) is 2.77. The summed E-state index contributed by atoms with van der Waals surface area (Å²) in [5, 5.41) is 13.0. The average Bonchev–Trinajstić information content (AvgIpc) is 2.72. The molecule has 0 aliphatic rings. The van der Waals surface area contributed by atoms with Crippen LogP contribution >= 0.6 is 0 Å². The van der Waals surface area contributed by atoms with Gasteiger partial charge in [0.2, 0.25) is 0 Å². The number of aryl methyl sites for hydroxylation is 1. The van der Waals surface area contributed by atoms with Crippen molar-refractivity contribution in [3.05, 3.63) is 53.3 Å². The number of carbonyl (C=O) groups is 1. The molecule has 1 N–H and O–H groups in total. The van der Waals surface area contributed by atoms with Crippen molar-refractivity contribution in [1.29, 1.82) is 0 Å². The smallest absolute Gasteiger partial charge is 0.339 e. The summed E-state index contributed by atoms with van der Waals surface area (Å²) in [6.07, 6.45) is 1.50. The molecule has 0 unspecified atom stereocenters. The van der Waals surface area contributed by atoms with E-state index in [4.69, 9.17) is 5.11 Å². The summed E-state index contributed by atoms with van der Waals surface area (Å²) in [6.45, 7) is 2.05. The summed E-state index contributed by atoms with van der Waals surface area (Å²) < 4.78 is 1.54. The van der Waals surface area contributed by atoms with Gasteiger partial charge in [0.15, 0.2) is 0 Å². The minimum Gasteiger partial charge on any atom is -0.478 e. The number of benzene rings is 1. The molecule has 90 valence electrons. The SMILES string of the molecule is Cc1nn(CC#Cc2ccccc2)cc1C(=O)O. The van der Waals surface area contributed by atoms with Crippen molar-refractivity contribution < 1.29 is 9.90 Å². The minimum atomic E-state index is -0.963. The molecule has 0 bridgehead atoms. The predicted molar refractivity (Wildman–Crippen MR) is 67.2 cm³/mol. The molecular formula is C14H12N2O2. The van der Waals surface area contributed by atoms with E-state index in [0.717, 1.165) is 5.56 Å². The lowest BCUT2D eigenvalue weighted by Crippen LogP contribution is -1.96. The molecule has 0 amide bonds. The fourth-order valence-corrected chi connectivity index (χ4v) is 1.55. The number of hydrogen-bond donors (Lipinski definition) is 1. The zero-order chi connectivity index (χ0) is 13.0. The molecule has 4 nitrogen and oxygen atoms in total. The standard InChI is InChI=1S/C14H12N2O2/c1-11-13(14(17)18)10-16(15-11)9-5-8-12-6-3-2-4-7-12/h2-4,6-7,10H,9H2,1H3,(H,17,18). The second-order valence-electron chi connectivity index (χ2n) is 3.80. The second kappa shape index (κ2) is 5.19. The van der Waals surface area contributed by atoms with Crippen LogP contribution in [0, 0.1) is 18.8 Å². The highest BCUT2D eigenvalue weighted by Gasteiger charge is 2.10. The molecule has 1 aromatic heterocycles. The molecule has 0 fully saturated rings. The van der Waals surface area contributed by atoms with Crippen molar-refractivity contribution in [2.75, 3.05) is 0 Å². The Morgan fingerprint density at radius 3 is 2.72 bits per heavy atom. The number of carboxylic acids is 1. The molecular weight excluding hydrogens is 228 g/mol. The van der Waals surface area contributed by atoms with Crippen molar-refractivity contribution in [3.63, 3.8) is 0 Å². The van der Waals surface area contributed by atoms with Gasteiger partial charge in [0, 0.05) is 11.8 Å². The lowest BCUT2D eigenvalue weighted by Gasteiger charge is -1.91. The monoisotopic (exact) mass is 240 g/mol. The van der Waals surface area contributed by atoms with Crippen LogP contribution in [0.3, 0.4) is 0 Å². The molecule has 1 aromatic carbocycles. The van der Waals surface area contributed by atoms with Crippen LogP contribution in [-0.4, -0.2) is 20.9 Å². The summed E-state index contributed by atoms with van der Waals surface area (Å²) >= 11 is 0. The lowest BCUT2D eigenvalue weighted by molar-refractivity contribution is 0.0696. The summed E-state index contributed by atoms with van der Waals surface area (Å²) in [5.41, 5.74) is 1.65. The van der Waals surface area contributed by atoms with E-state index in [1.165, 1.54) is 10.9 Å². The quantitative estimate of drug-likeness (QED) is 0.816. The lowest BCUT2D eigenvalue weighted by atomic mass is 10.2. The van der Waals surface area contributed by atoms with E-state index in [1.54, 1.807) is 6.92 Å². The zero-order valence-electron chi connectivity index (χ0n) is 9.92. The maximum absolute atomic E-state index is 10.8. The Hall–Kier alpha value is -2.54. The highest BCUT2D eigenvalue weighted by molar-refractivity contribution is 5.88. The van der Waals surface area contributed by atoms with Gasteiger partial charge >= 0.3 is 5.97 Å². The van der Waals surface area contributed by atoms with Crippen LogP contribution in [0.1, 0.15) is 21.6 Å². The van der Waals surface area contributed by atoms with Crippen LogP contribution in [-0.2, 0) is 6.54 Å². The topological polar surface area (TPSA) is 55.1 Å². The Bertz CT molecular complexity index is 618. The number of aromatic nitrogens is 2. The summed E-state index contributed by atoms with van der Waals surface area (Å²) in [7, 11) is 0. The van der Waals surface area contributed by atoms with Gasteiger partial charge in [-0.1, -0.05) is 30.0 Å². The molecule has 1 heterocycles. The summed E-state index contributed by atoms with van der Waals surface area (Å²) in [5.74, 6) is 4.98. The van der Waals surface area contributed by atoms with E-state index in [2.05, 4.69) is 16.9 Å². The van der Waals surface area contributed by atoms with Gasteiger partial charge < -0.3 is 5.11 Å². The van der Waals surface area contributed by atoms with Crippen molar-refractivity contribution >= 4 is 5.97 Å². The first-order valence-electron chi connectivity index (χ1n) is 5.48. The molecule has 0 saturated carbocycles. The summed E-state index contributed by atoms with van der Waals surface area (Å²) in [4.78, 5) is 10.8. The van der Waals surface area contributed by atoms with E-state index >= 15 is 0 Å². The van der Waals surface area contributed by atoms with Gasteiger partial charge in [-0.15, -0.1) is 0 Å². The first-order valence-corrected chi connectivity index (χ1v) is 5.48. The molecule has 0 spiro atoms. The molecule has 0 aliphatic carbocycles. The van der Waals surface area contributed by atoms with Gasteiger partial charge in [0.1, 0.15) is 12.1 Å². The van der Waals surface area contributed by atoms with Crippen molar-refractivity contribution in [2.45, 2.75) is 13.5 Å². The van der Waals surface area contributed by atoms with Crippen LogP contribution in [0.25, 0.3) is 0 Å². The van der Waals surface area contributed by atoms with Crippen molar-refractivity contribution in [1.82, 2.24) is 9.78 Å². The Balaban J connectivity index is 2.10. The molecule has 0 radical (unpaired) electrons. The number of carboxylic acid groups (broad SMARTS) is 1. The van der Waals surface area contributed by atoms with Crippen LogP contribution in [0.4, 0.5) is 0 Å². The van der Waals surface area contributed by atoms with E-state index in [1.807, 2.05) is 30.3 Å². The maximum atomic E-state index is 10.8. The molecule has 0 aliphatic heterocycles. The van der Waals surface area contributed by atoms with Crippen LogP contribution in [0.15, 0.2) is 36.5 Å². The zero-order valence-corrected chi connectivity index (χ0v) is 9.92. The third-order valence-electron chi connectivity index (χ3n) is 2.42. The first-order chi connectivity index (χ1) is 8.66.